The molecule has 0 saturated carbocycles. The third-order valence-electron chi connectivity index (χ3n) is 11.7. The number of aromatic nitrogens is 3. The molecular weight excluding hydrogens is 757 g/mol. The van der Waals surface area contributed by atoms with Gasteiger partial charge in [0.15, 0.2) is 17.5 Å². The number of amidine groups is 2. The van der Waals surface area contributed by atoms with E-state index in [4.69, 9.17) is 24.9 Å². The summed E-state index contributed by atoms with van der Waals surface area (Å²) in [5.74, 6) is 3.50. The quantitative estimate of drug-likeness (QED) is 0.166. The van der Waals surface area contributed by atoms with Crippen LogP contribution >= 0.6 is 0 Å². The first-order chi connectivity index (χ1) is 30.7. The van der Waals surface area contributed by atoms with Crippen molar-refractivity contribution < 1.29 is 0 Å². The van der Waals surface area contributed by atoms with Crippen LogP contribution in [0.4, 0.5) is 0 Å². The Morgan fingerprint density at radius 3 is 1.66 bits per heavy atom. The van der Waals surface area contributed by atoms with Gasteiger partial charge < -0.3 is 5.32 Å². The Hall–Kier alpha value is -8.09. The fraction of sp³-hybridized carbons (Fsp3) is 0.0536. The van der Waals surface area contributed by atoms with Gasteiger partial charge in [0.25, 0.3) is 0 Å². The van der Waals surface area contributed by atoms with Crippen molar-refractivity contribution in [3.8, 4) is 45.0 Å². The van der Waals surface area contributed by atoms with Crippen molar-refractivity contribution in [2.45, 2.75) is 18.5 Å². The minimum absolute atomic E-state index is 0.0557. The monoisotopic (exact) mass is 796 g/mol. The van der Waals surface area contributed by atoms with Crippen molar-refractivity contribution in [1.82, 2.24) is 20.3 Å². The van der Waals surface area contributed by atoms with Crippen LogP contribution in [0.5, 0.6) is 0 Å². The van der Waals surface area contributed by atoms with Gasteiger partial charge in [-0.1, -0.05) is 200 Å². The first-order valence-electron chi connectivity index (χ1n) is 21.1. The molecule has 11 rings (SSSR count). The molecule has 1 aliphatic carbocycles. The predicted octanol–water partition coefficient (Wildman–Crippen LogP) is 12.9. The number of hydrogen-bond donors (Lipinski definition) is 1. The van der Waals surface area contributed by atoms with Gasteiger partial charge >= 0.3 is 0 Å². The molecule has 1 N–H and O–H groups in total. The lowest BCUT2D eigenvalue weighted by atomic mass is 9.93. The Labute approximate surface area is 360 Å². The van der Waals surface area contributed by atoms with E-state index >= 15 is 0 Å². The molecule has 2 atom stereocenters. The van der Waals surface area contributed by atoms with Crippen molar-refractivity contribution in [2.75, 3.05) is 0 Å². The van der Waals surface area contributed by atoms with Crippen LogP contribution < -0.4 is 5.32 Å². The van der Waals surface area contributed by atoms with Crippen molar-refractivity contribution >= 4 is 33.2 Å². The van der Waals surface area contributed by atoms with E-state index in [9.17, 15) is 0 Å². The summed E-state index contributed by atoms with van der Waals surface area (Å²) in [5, 5.41) is 8.14. The highest BCUT2D eigenvalue weighted by Gasteiger charge is 2.26. The highest BCUT2D eigenvalue weighted by atomic mass is 15.2. The molecule has 6 heteroatoms. The Morgan fingerprint density at radius 1 is 0.419 bits per heavy atom. The van der Waals surface area contributed by atoms with Gasteiger partial charge in [-0.25, -0.2) is 24.9 Å². The molecule has 2 aliphatic rings. The molecule has 6 nitrogen and oxygen atoms in total. The maximum atomic E-state index is 5.50. The zero-order valence-corrected chi connectivity index (χ0v) is 33.8. The number of nitrogens with zero attached hydrogens (tertiary/aromatic N) is 5. The molecule has 0 spiro atoms. The maximum Gasteiger partial charge on any atom is 0.164 e. The van der Waals surface area contributed by atoms with E-state index in [1.54, 1.807) is 0 Å². The zero-order chi connectivity index (χ0) is 41.2. The number of rotatable bonds is 8. The number of aliphatic imine (C=N–C) groups is 2. The second-order valence-electron chi connectivity index (χ2n) is 15.6. The molecule has 9 aromatic rings. The maximum absolute atomic E-state index is 5.50. The number of fused-ring (bicyclic) bond motifs is 2. The Morgan fingerprint density at radius 2 is 0.968 bits per heavy atom. The van der Waals surface area contributed by atoms with E-state index in [-0.39, 0.29) is 5.92 Å². The molecule has 0 amide bonds. The zero-order valence-electron chi connectivity index (χ0n) is 33.8. The molecule has 0 bridgehead atoms. The number of allylic oxidation sites excluding steroid dienone is 4. The normalized spacial score (nSPS) is 15.9. The van der Waals surface area contributed by atoms with E-state index in [2.05, 4.69) is 193 Å². The molecule has 0 saturated heterocycles. The van der Waals surface area contributed by atoms with Crippen molar-refractivity contribution in [2.24, 2.45) is 9.98 Å². The first-order valence-corrected chi connectivity index (χ1v) is 21.1. The molecule has 62 heavy (non-hydrogen) atoms. The second-order valence-corrected chi connectivity index (χ2v) is 15.6. The van der Waals surface area contributed by atoms with Crippen LogP contribution in [0.15, 0.2) is 222 Å². The van der Waals surface area contributed by atoms with E-state index in [0.717, 1.165) is 73.2 Å². The summed E-state index contributed by atoms with van der Waals surface area (Å²) in [6, 6.07) is 65.5. The lowest BCUT2D eigenvalue weighted by molar-refractivity contribution is 0.680. The molecule has 1 aliphatic heterocycles. The second kappa shape index (κ2) is 16.2. The molecule has 2 unspecified atom stereocenters. The summed E-state index contributed by atoms with van der Waals surface area (Å²) in [7, 11) is 0. The summed E-state index contributed by atoms with van der Waals surface area (Å²) >= 11 is 0. The molecular formula is C56H40N6. The minimum atomic E-state index is -0.438. The Bertz CT molecular complexity index is 3240. The average molecular weight is 797 g/mol. The van der Waals surface area contributed by atoms with Crippen molar-refractivity contribution in [3.05, 3.63) is 235 Å². The molecule has 8 aromatic carbocycles. The lowest BCUT2D eigenvalue weighted by Crippen LogP contribution is -2.34. The van der Waals surface area contributed by atoms with Crippen LogP contribution in [-0.4, -0.2) is 26.6 Å². The van der Waals surface area contributed by atoms with Crippen LogP contribution in [0.3, 0.4) is 0 Å². The summed E-state index contributed by atoms with van der Waals surface area (Å²) in [4.78, 5) is 26.2. The fourth-order valence-corrected chi connectivity index (χ4v) is 8.71. The SMILES string of the molecule is C1=CCC(c2nc(-c3ccccc3)nc(-c3ccc(C4=NC(c5ccc(-c6ccccc6)c6ccccc56)NC(c5ccccc5-c5ccccc5)=N4)c4ccccc34)n2)C=C1. The van der Waals surface area contributed by atoms with Gasteiger partial charge in [-0.3, -0.25) is 0 Å². The van der Waals surface area contributed by atoms with E-state index in [0.29, 0.717) is 17.5 Å². The van der Waals surface area contributed by atoms with Gasteiger partial charge in [0.1, 0.15) is 17.8 Å². The van der Waals surface area contributed by atoms with Gasteiger partial charge in [0.2, 0.25) is 0 Å². The standard InChI is InChI=1S/C56H40N6/c1-5-19-37(20-6-1)41-27-13-18-32-47(41)53-60-55(48-34-33-42(38-21-7-2-8-22-38)43-28-14-15-29-44(43)48)62-56(61-53)50-36-35-49(45-30-16-17-31-46(45)50)54-58-51(39-23-9-3-10-24-39)57-52(59-54)40-25-11-4-12-26-40/h1-25,27-36,40,55H,26H2,(H,60,61,62). The Kier molecular flexibility index (Phi) is 9.63. The van der Waals surface area contributed by atoms with Crippen LogP contribution in [0, 0.1) is 0 Å². The summed E-state index contributed by atoms with van der Waals surface area (Å²) in [6.45, 7) is 0. The Balaban J connectivity index is 1.09. The summed E-state index contributed by atoms with van der Waals surface area (Å²) in [5.41, 5.74) is 9.44. The van der Waals surface area contributed by atoms with Crippen LogP contribution in [0.1, 0.15) is 41.0 Å². The van der Waals surface area contributed by atoms with Gasteiger partial charge in [0, 0.05) is 33.7 Å². The summed E-state index contributed by atoms with van der Waals surface area (Å²) < 4.78 is 0. The van der Waals surface area contributed by atoms with E-state index in [1.165, 1.54) is 16.5 Å². The fourth-order valence-electron chi connectivity index (χ4n) is 8.71. The minimum Gasteiger partial charge on any atom is -0.344 e. The van der Waals surface area contributed by atoms with Crippen molar-refractivity contribution in [1.29, 1.82) is 0 Å². The van der Waals surface area contributed by atoms with Gasteiger partial charge in [-0.05, 0) is 62.4 Å². The predicted molar refractivity (Wildman–Crippen MR) is 254 cm³/mol. The third-order valence-corrected chi connectivity index (χ3v) is 11.7. The third kappa shape index (κ3) is 6.97. The van der Waals surface area contributed by atoms with E-state index in [1.807, 2.05) is 24.3 Å². The number of hydrogen-bond acceptors (Lipinski definition) is 6. The van der Waals surface area contributed by atoms with E-state index < -0.39 is 6.17 Å². The molecule has 2 heterocycles. The highest BCUT2D eigenvalue weighted by molar-refractivity contribution is 6.20. The smallest absolute Gasteiger partial charge is 0.164 e. The molecule has 294 valence electrons. The topological polar surface area (TPSA) is 75.4 Å². The molecule has 0 radical (unpaired) electrons. The molecule has 1 aromatic heterocycles. The average Bonchev–Trinajstić information content (AvgIpc) is 3.36. The van der Waals surface area contributed by atoms with Crippen LogP contribution in [-0.2, 0) is 0 Å². The molecule has 0 fully saturated rings. The van der Waals surface area contributed by atoms with Crippen LogP contribution in [0.25, 0.3) is 66.6 Å². The lowest BCUT2D eigenvalue weighted by Gasteiger charge is -2.26. The number of nitrogens with one attached hydrogen (secondary N) is 1. The van der Waals surface area contributed by atoms with Gasteiger partial charge in [-0.15, -0.1) is 0 Å². The largest absolute Gasteiger partial charge is 0.344 e. The number of benzene rings is 8. The van der Waals surface area contributed by atoms with Gasteiger partial charge in [-0.2, -0.15) is 0 Å². The van der Waals surface area contributed by atoms with Crippen LogP contribution in [0.2, 0.25) is 0 Å². The van der Waals surface area contributed by atoms with Crippen molar-refractivity contribution in [3.63, 3.8) is 0 Å². The highest BCUT2D eigenvalue weighted by Crippen LogP contribution is 2.38. The summed E-state index contributed by atoms with van der Waals surface area (Å²) in [6.07, 6.45) is 8.89. The first kappa shape index (κ1) is 36.9. The van der Waals surface area contributed by atoms with Gasteiger partial charge in [0.05, 0.1) is 0 Å².